The molecule has 0 aliphatic heterocycles. The van der Waals surface area contributed by atoms with Crippen LogP contribution in [0.1, 0.15) is 31.3 Å². The average molecular weight is 195 g/mol. The van der Waals surface area contributed by atoms with Crippen molar-refractivity contribution in [1.82, 2.24) is 9.55 Å². The van der Waals surface area contributed by atoms with Crippen LogP contribution >= 0.6 is 0 Å². The summed E-state index contributed by atoms with van der Waals surface area (Å²) < 4.78 is 1.59. The molecule has 0 aromatic carbocycles. The van der Waals surface area contributed by atoms with Crippen molar-refractivity contribution >= 4 is 5.91 Å². The third-order valence-corrected chi connectivity index (χ3v) is 1.98. The molecule has 78 valence electrons. The van der Waals surface area contributed by atoms with Crippen molar-refractivity contribution in [3.8, 4) is 0 Å². The Hall–Kier alpha value is -1.16. The molecule has 0 bridgehead atoms. The Bertz CT molecular complexity index is 322. The number of nitrogens with two attached hydrogens (primary N) is 1. The summed E-state index contributed by atoms with van der Waals surface area (Å²) in [5.41, 5.74) is 5.94. The highest BCUT2D eigenvalue weighted by molar-refractivity contribution is 5.84. The third kappa shape index (κ3) is 2.20. The highest BCUT2D eigenvalue weighted by atomic mass is 16.2. The lowest BCUT2D eigenvalue weighted by molar-refractivity contribution is 0.0763. The molecule has 0 atom stereocenters. The number of aromatic nitrogens is 2. The smallest absolute Gasteiger partial charge is 0.237 e. The van der Waals surface area contributed by atoms with E-state index in [1.54, 1.807) is 17.1 Å². The summed E-state index contributed by atoms with van der Waals surface area (Å²) in [7, 11) is 0. The van der Waals surface area contributed by atoms with Crippen LogP contribution in [0.4, 0.5) is 0 Å². The molecule has 0 saturated carbocycles. The minimum absolute atomic E-state index is 0.0541. The first-order valence-electron chi connectivity index (χ1n) is 4.73. The van der Waals surface area contributed by atoms with Crippen molar-refractivity contribution < 1.29 is 4.79 Å². The van der Waals surface area contributed by atoms with E-state index in [9.17, 15) is 4.79 Å². The van der Waals surface area contributed by atoms with Crippen molar-refractivity contribution in [3.05, 3.63) is 18.2 Å². The fourth-order valence-electron chi connectivity index (χ4n) is 1.20. The normalized spacial score (nSPS) is 11.7. The summed E-state index contributed by atoms with van der Waals surface area (Å²) in [6, 6.07) is 0. The molecule has 0 amide bonds. The maximum absolute atomic E-state index is 11.9. The topological polar surface area (TPSA) is 60.9 Å². The molecule has 4 heteroatoms. The second-order valence-electron chi connectivity index (χ2n) is 4.35. The predicted octanol–water partition coefficient (Wildman–Crippen LogP) is 1.07. The molecule has 0 spiro atoms. The Balaban J connectivity index is 2.95. The summed E-state index contributed by atoms with van der Waals surface area (Å²) >= 11 is 0. The molecule has 2 N–H and O–H groups in total. The van der Waals surface area contributed by atoms with E-state index in [4.69, 9.17) is 5.73 Å². The molecule has 0 radical (unpaired) electrons. The van der Waals surface area contributed by atoms with Gasteiger partial charge in [-0.05, 0) is 6.54 Å². The second-order valence-corrected chi connectivity index (χ2v) is 4.35. The van der Waals surface area contributed by atoms with Crippen molar-refractivity contribution in [2.24, 2.45) is 11.1 Å². The maximum Gasteiger partial charge on any atom is 0.237 e. The number of carbonyl (C=O) groups is 1. The predicted molar refractivity (Wildman–Crippen MR) is 55.1 cm³/mol. The number of carbonyl (C=O) groups excluding carboxylic acids is 1. The quantitative estimate of drug-likeness (QED) is 0.767. The zero-order valence-corrected chi connectivity index (χ0v) is 8.95. The van der Waals surface area contributed by atoms with Crippen LogP contribution in [0.25, 0.3) is 0 Å². The van der Waals surface area contributed by atoms with E-state index in [2.05, 4.69) is 4.98 Å². The molecule has 1 heterocycles. The lowest BCUT2D eigenvalue weighted by Gasteiger charge is -2.18. The lowest BCUT2D eigenvalue weighted by Crippen LogP contribution is -2.28. The van der Waals surface area contributed by atoms with Gasteiger partial charge in [0.25, 0.3) is 0 Å². The van der Waals surface area contributed by atoms with E-state index in [0.717, 1.165) is 5.69 Å². The van der Waals surface area contributed by atoms with Crippen LogP contribution in [0.3, 0.4) is 0 Å². The first kappa shape index (κ1) is 10.9. The van der Waals surface area contributed by atoms with Gasteiger partial charge in [-0.1, -0.05) is 20.8 Å². The van der Waals surface area contributed by atoms with Crippen molar-refractivity contribution in [1.29, 1.82) is 0 Å². The maximum atomic E-state index is 11.9. The van der Waals surface area contributed by atoms with E-state index in [1.165, 1.54) is 0 Å². The average Bonchev–Trinajstić information content (AvgIpc) is 2.50. The van der Waals surface area contributed by atoms with Gasteiger partial charge in [-0.15, -0.1) is 0 Å². The molecule has 0 aliphatic carbocycles. The lowest BCUT2D eigenvalue weighted by atomic mass is 9.95. The largest absolute Gasteiger partial charge is 0.330 e. The first-order valence-corrected chi connectivity index (χ1v) is 4.73. The van der Waals surface area contributed by atoms with Crippen LogP contribution in [0.2, 0.25) is 0 Å². The van der Waals surface area contributed by atoms with E-state index in [-0.39, 0.29) is 11.3 Å². The summed E-state index contributed by atoms with van der Waals surface area (Å²) in [6.07, 6.45) is 3.93. The van der Waals surface area contributed by atoms with E-state index < -0.39 is 0 Å². The van der Waals surface area contributed by atoms with Gasteiger partial charge >= 0.3 is 0 Å². The van der Waals surface area contributed by atoms with Gasteiger partial charge in [-0.3, -0.25) is 9.36 Å². The monoisotopic (exact) mass is 195 g/mol. The number of hydrogen-bond acceptors (Lipinski definition) is 3. The molecule has 0 saturated heterocycles. The molecule has 1 aromatic rings. The highest BCUT2D eigenvalue weighted by Gasteiger charge is 2.24. The summed E-state index contributed by atoms with van der Waals surface area (Å²) in [6.45, 7) is 6.20. The molecule has 0 fully saturated rings. The molecular formula is C10H17N3O. The van der Waals surface area contributed by atoms with Gasteiger partial charge in [0.2, 0.25) is 5.91 Å². The standard InChI is InChI=1S/C10H17N3O/c1-10(2,3)9(14)13-7-12-6-8(13)4-5-11/h6-7H,4-5,11H2,1-3H3. The van der Waals surface area contributed by atoms with Crippen LogP contribution in [0.5, 0.6) is 0 Å². The zero-order valence-electron chi connectivity index (χ0n) is 8.95. The third-order valence-electron chi connectivity index (χ3n) is 1.98. The van der Waals surface area contributed by atoms with Crippen molar-refractivity contribution in [2.45, 2.75) is 27.2 Å². The Kier molecular flexibility index (Phi) is 3.06. The summed E-state index contributed by atoms with van der Waals surface area (Å²) in [5, 5.41) is 0. The molecule has 1 aromatic heterocycles. The van der Waals surface area contributed by atoms with E-state index in [0.29, 0.717) is 13.0 Å². The first-order chi connectivity index (χ1) is 6.46. The fraction of sp³-hybridized carbons (Fsp3) is 0.600. The SMILES string of the molecule is CC(C)(C)C(=O)n1cncc1CCN. The van der Waals surface area contributed by atoms with Gasteiger partial charge in [-0.2, -0.15) is 0 Å². The number of imidazole rings is 1. The van der Waals surface area contributed by atoms with Crippen LogP contribution in [0, 0.1) is 5.41 Å². The van der Waals surface area contributed by atoms with Gasteiger partial charge < -0.3 is 5.73 Å². The summed E-state index contributed by atoms with van der Waals surface area (Å²) in [4.78, 5) is 15.9. The van der Waals surface area contributed by atoms with E-state index >= 15 is 0 Å². The Morgan fingerprint density at radius 2 is 2.21 bits per heavy atom. The molecule has 14 heavy (non-hydrogen) atoms. The number of hydrogen-bond donors (Lipinski definition) is 1. The zero-order chi connectivity index (χ0) is 10.8. The molecule has 0 unspecified atom stereocenters. The molecule has 1 rings (SSSR count). The van der Waals surface area contributed by atoms with Gasteiger partial charge in [0, 0.05) is 23.7 Å². The van der Waals surface area contributed by atoms with Gasteiger partial charge in [0.15, 0.2) is 0 Å². The molecule has 4 nitrogen and oxygen atoms in total. The minimum atomic E-state index is -0.385. The van der Waals surface area contributed by atoms with Gasteiger partial charge in [0.1, 0.15) is 6.33 Å². The molecule has 0 aliphatic rings. The van der Waals surface area contributed by atoms with Crippen LogP contribution < -0.4 is 5.73 Å². The van der Waals surface area contributed by atoms with Crippen LogP contribution in [-0.2, 0) is 6.42 Å². The Labute approximate surface area is 84.1 Å². The van der Waals surface area contributed by atoms with Crippen LogP contribution in [0.15, 0.2) is 12.5 Å². The van der Waals surface area contributed by atoms with Gasteiger partial charge in [0.05, 0.1) is 0 Å². The minimum Gasteiger partial charge on any atom is -0.330 e. The van der Waals surface area contributed by atoms with Crippen molar-refractivity contribution in [2.75, 3.05) is 6.54 Å². The Morgan fingerprint density at radius 3 is 2.71 bits per heavy atom. The van der Waals surface area contributed by atoms with Gasteiger partial charge in [-0.25, -0.2) is 4.98 Å². The van der Waals surface area contributed by atoms with Crippen LogP contribution in [-0.4, -0.2) is 22.0 Å². The molecular weight excluding hydrogens is 178 g/mol. The number of rotatable bonds is 2. The fourth-order valence-corrected chi connectivity index (χ4v) is 1.20. The number of nitrogens with zero attached hydrogens (tertiary/aromatic N) is 2. The highest BCUT2D eigenvalue weighted by Crippen LogP contribution is 2.17. The van der Waals surface area contributed by atoms with Crippen molar-refractivity contribution in [3.63, 3.8) is 0 Å². The van der Waals surface area contributed by atoms with E-state index in [1.807, 2.05) is 20.8 Å². The Morgan fingerprint density at radius 1 is 1.57 bits per heavy atom. The summed E-state index contributed by atoms with van der Waals surface area (Å²) in [5.74, 6) is 0.0541. The second kappa shape index (κ2) is 3.92.